The highest BCUT2D eigenvalue weighted by atomic mass is 35.5. The Balaban J connectivity index is 0.00000630. The monoisotopic (exact) mass is 915 g/mol. The molecule has 1 unspecified atom stereocenters. The Hall–Kier alpha value is -6.38. The standard InChI is InChI=1S/C45H49N7O12.ClH/c1-6-45(30-17-33-35-25(15-24-9-7-8-10-31(24)49-35)19-52(33)40(56)29(30)20-61-43(45)58)64-41(57)34(22(2)3)51-39(55)32(16-27-18-46-21-47-27)50-44(59)48-26-11-13-28(14-12-26)63-42-37(54)38(60-5)36(53)23(4)62-42;/h7-15,17-18,21-23,32,34,36-38,42,53-54H,6,16,19-20H2,1-5H3,(H,46,47)(H,51,55)(H2,48,50,59);1H/t23-,32-,34-,36?,37-,38+,42+,45-;/m0./s1. The van der Waals surface area contributed by atoms with Crippen molar-refractivity contribution >= 4 is 52.9 Å². The summed E-state index contributed by atoms with van der Waals surface area (Å²) < 4.78 is 29.9. The highest BCUT2D eigenvalue weighted by Crippen LogP contribution is 2.41. The molecule has 0 radical (unpaired) electrons. The van der Waals surface area contributed by atoms with Crippen LogP contribution in [-0.4, -0.2) is 104 Å². The fourth-order valence-electron chi connectivity index (χ4n) is 8.34. The number of H-pyrrole nitrogens is 1. The van der Waals surface area contributed by atoms with Crippen LogP contribution < -0.4 is 26.2 Å². The number of esters is 2. The summed E-state index contributed by atoms with van der Waals surface area (Å²) in [7, 11) is 1.36. The zero-order valence-corrected chi connectivity index (χ0v) is 36.9. The molecule has 3 amide bonds. The molecular weight excluding hydrogens is 866 g/mol. The second-order valence-electron chi connectivity index (χ2n) is 16.4. The van der Waals surface area contributed by atoms with Crippen LogP contribution in [0, 0.1) is 5.92 Å². The first kappa shape index (κ1) is 46.6. The predicted molar refractivity (Wildman–Crippen MR) is 235 cm³/mol. The van der Waals surface area contributed by atoms with Crippen molar-refractivity contribution in [1.29, 1.82) is 0 Å². The number of nitrogens with one attached hydrogen (secondary N) is 4. The molecule has 8 rings (SSSR count). The SMILES string of the molecule is CC[C@@]1(OC(=O)[C@@H](NC(=O)[C@H](Cc2cnc[nH]2)NC(=O)Nc2ccc(O[C@H]3O[C@@H](C)C(O)[C@@H](OC)[C@@H]3O)cc2)C(C)C)C(=O)OCc2c1cc1n(c2=O)Cc2cc3ccccc3nc2-1.Cl. The quantitative estimate of drug-likeness (QED) is 0.0911. The van der Waals surface area contributed by atoms with Crippen molar-refractivity contribution in [2.24, 2.45) is 5.92 Å². The van der Waals surface area contributed by atoms with E-state index in [4.69, 9.17) is 28.7 Å². The van der Waals surface area contributed by atoms with Gasteiger partial charge in [-0.1, -0.05) is 39.0 Å². The molecule has 0 aliphatic carbocycles. The average Bonchev–Trinajstić information content (AvgIpc) is 3.93. The molecule has 20 heteroatoms. The van der Waals surface area contributed by atoms with Crippen LogP contribution in [-0.2, 0) is 58.5 Å². The van der Waals surface area contributed by atoms with E-state index in [1.807, 2.05) is 30.3 Å². The van der Waals surface area contributed by atoms with Gasteiger partial charge in [0, 0.05) is 47.6 Å². The molecule has 3 aliphatic rings. The third kappa shape index (κ3) is 9.01. The third-order valence-electron chi connectivity index (χ3n) is 11.9. The first-order chi connectivity index (χ1) is 30.7. The van der Waals surface area contributed by atoms with Crippen molar-refractivity contribution in [3.05, 3.63) is 106 Å². The van der Waals surface area contributed by atoms with Crippen molar-refractivity contribution in [2.75, 3.05) is 12.4 Å². The minimum Gasteiger partial charge on any atom is -0.462 e. The zero-order chi connectivity index (χ0) is 45.4. The van der Waals surface area contributed by atoms with Crippen molar-refractivity contribution in [1.82, 2.24) is 30.2 Å². The van der Waals surface area contributed by atoms with E-state index in [1.165, 1.54) is 43.9 Å². The van der Waals surface area contributed by atoms with E-state index < -0.39 is 83.7 Å². The number of carbonyl (C=O) groups excluding carboxylic acids is 4. The van der Waals surface area contributed by atoms with Crippen molar-refractivity contribution in [3.63, 3.8) is 0 Å². The van der Waals surface area contributed by atoms with Gasteiger partial charge in [0.1, 0.15) is 42.8 Å². The molecule has 8 atom stereocenters. The van der Waals surface area contributed by atoms with E-state index in [-0.39, 0.29) is 49.5 Å². The van der Waals surface area contributed by atoms with Crippen molar-refractivity contribution < 1.29 is 53.1 Å². The van der Waals surface area contributed by atoms with E-state index in [1.54, 1.807) is 38.3 Å². The number of methoxy groups -OCH3 is 1. The van der Waals surface area contributed by atoms with Gasteiger partial charge in [-0.05, 0) is 61.7 Å². The molecule has 1 fully saturated rings. The smallest absolute Gasteiger partial charge is 0.355 e. The van der Waals surface area contributed by atoms with Gasteiger partial charge in [0.05, 0.1) is 41.4 Å². The van der Waals surface area contributed by atoms with Gasteiger partial charge in [0.2, 0.25) is 17.8 Å². The van der Waals surface area contributed by atoms with Crippen LogP contribution in [0.3, 0.4) is 0 Å². The number of carbonyl (C=O) groups is 4. The second kappa shape index (κ2) is 19.0. The van der Waals surface area contributed by atoms with Crippen LogP contribution >= 0.6 is 12.4 Å². The summed E-state index contributed by atoms with van der Waals surface area (Å²) in [6, 6.07) is 14.0. The number of urea groups is 1. The number of nitrogens with zero attached hydrogens (tertiary/aromatic N) is 3. The lowest BCUT2D eigenvalue weighted by molar-refractivity contribution is -0.272. The van der Waals surface area contributed by atoms with Gasteiger partial charge < -0.3 is 59.4 Å². The summed E-state index contributed by atoms with van der Waals surface area (Å²) in [6.07, 6.45) is -2.32. The number of para-hydroxylation sites is 1. The Morgan fingerprint density at radius 2 is 1.80 bits per heavy atom. The molecule has 0 bridgehead atoms. The fraction of sp³-hybridized carbons (Fsp3) is 0.400. The van der Waals surface area contributed by atoms with Gasteiger partial charge in [-0.25, -0.2) is 24.4 Å². The van der Waals surface area contributed by atoms with E-state index >= 15 is 0 Å². The highest BCUT2D eigenvalue weighted by Gasteiger charge is 2.52. The minimum atomic E-state index is -2.03. The van der Waals surface area contributed by atoms with E-state index in [0.717, 1.165) is 16.5 Å². The minimum absolute atomic E-state index is 0. The van der Waals surface area contributed by atoms with E-state index in [2.05, 4.69) is 25.9 Å². The summed E-state index contributed by atoms with van der Waals surface area (Å²) in [5.74, 6) is -2.84. The summed E-state index contributed by atoms with van der Waals surface area (Å²) in [4.78, 5) is 81.5. The zero-order valence-electron chi connectivity index (χ0n) is 36.1. The number of imidazole rings is 1. The number of cyclic esters (lactones) is 1. The Labute approximate surface area is 378 Å². The van der Waals surface area contributed by atoms with Gasteiger partial charge in [-0.15, -0.1) is 12.4 Å². The normalized spacial score (nSPS) is 22.9. The summed E-state index contributed by atoms with van der Waals surface area (Å²) >= 11 is 0. The number of aromatic nitrogens is 4. The molecule has 2 aromatic carbocycles. The highest BCUT2D eigenvalue weighted by molar-refractivity contribution is 5.96. The molecule has 19 nitrogen and oxygen atoms in total. The lowest BCUT2D eigenvalue weighted by Gasteiger charge is -2.40. The van der Waals surface area contributed by atoms with Crippen LogP contribution in [0.4, 0.5) is 10.5 Å². The number of halogens is 1. The number of hydrogen-bond donors (Lipinski definition) is 6. The summed E-state index contributed by atoms with van der Waals surface area (Å²) in [5.41, 5.74) is 1.37. The van der Waals surface area contributed by atoms with Gasteiger partial charge >= 0.3 is 18.0 Å². The second-order valence-corrected chi connectivity index (χ2v) is 16.4. The number of anilines is 1. The van der Waals surface area contributed by atoms with Crippen LogP contribution in [0.1, 0.15) is 56.5 Å². The van der Waals surface area contributed by atoms with Gasteiger partial charge in [0.15, 0.2) is 0 Å². The number of aliphatic hydroxyl groups excluding tert-OH is 2. The Morgan fingerprint density at radius 3 is 2.49 bits per heavy atom. The predicted octanol–water partition coefficient (Wildman–Crippen LogP) is 3.21. The number of benzene rings is 2. The molecule has 0 spiro atoms. The maximum absolute atomic E-state index is 14.3. The van der Waals surface area contributed by atoms with Gasteiger partial charge in [-0.2, -0.15) is 0 Å². The first-order valence-electron chi connectivity index (χ1n) is 20.9. The molecule has 6 N–H and O–H groups in total. The topological polar surface area (TPSA) is 255 Å². The van der Waals surface area contributed by atoms with Crippen LogP contribution in [0.5, 0.6) is 5.75 Å². The molecule has 344 valence electrons. The molecule has 1 saturated heterocycles. The van der Waals surface area contributed by atoms with Crippen molar-refractivity contribution in [2.45, 2.75) is 102 Å². The summed E-state index contributed by atoms with van der Waals surface area (Å²) in [6.45, 7) is 6.58. The van der Waals surface area contributed by atoms with E-state index in [9.17, 15) is 34.2 Å². The number of rotatable bonds is 13. The number of amides is 3. The Kier molecular flexibility index (Phi) is 13.6. The number of hydrogen-bond acceptors (Lipinski definition) is 14. The lowest BCUT2D eigenvalue weighted by Crippen LogP contribution is -2.59. The molecular formula is C45H50ClN7O12. The molecule has 5 aromatic rings. The van der Waals surface area contributed by atoms with Gasteiger partial charge in [0.25, 0.3) is 5.56 Å². The molecule has 0 saturated carbocycles. The maximum atomic E-state index is 14.3. The Morgan fingerprint density at radius 1 is 1.05 bits per heavy atom. The molecule has 3 aromatic heterocycles. The Bertz CT molecular complexity index is 2640. The number of pyridine rings is 2. The van der Waals surface area contributed by atoms with Gasteiger partial charge in [-0.3, -0.25) is 9.59 Å². The fourth-order valence-corrected chi connectivity index (χ4v) is 8.34. The largest absolute Gasteiger partial charge is 0.462 e. The summed E-state index contributed by atoms with van der Waals surface area (Å²) in [5, 5.41) is 29.9. The van der Waals surface area contributed by atoms with E-state index in [0.29, 0.717) is 28.5 Å². The number of fused-ring (bicyclic) bond motifs is 5. The average molecular weight is 916 g/mol. The number of ether oxygens (including phenoxy) is 5. The van der Waals surface area contributed by atoms with Crippen LogP contribution in [0.2, 0.25) is 0 Å². The van der Waals surface area contributed by atoms with Crippen LogP contribution in [0.15, 0.2) is 78.0 Å². The molecule has 65 heavy (non-hydrogen) atoms. The number of aliphatic hydroxyl groups is 2. The molecule has 6 heterocycles. The molecule has 3 aliphatic heterocycles. The van der Waals surface area contributed by atoms with Crippen LogP contribution in [0.25, 0.3) is 22.3 Å². The maximum Gasteiger partial charge on any atom is 0.355 e. The third-order valence-corrected chi connectivity index (χ3v) is 11.9. The first-order valence-corrected chi connectivity index (χ1v) is 20.9. The van der Waals surface area contributed by atoms with Crippen molar-refractivity contribution in [3.8, 4) is 17.1 Å². The number of aromatic amines is 1. The lowest BCUT2D eigenvalue weighted by atomic mass is 9.85.